The zero-order valence-corrected chi connectivity index (χ0v) is 17.6. The van der Waals surface area contributed by atoms with Crippen molar-refractivity contribution in [2.75, 3.05) is 40.5 Å². The molecule has 7 nitrogen and oxygen atoms in total. The number of ether oxygens (including phenoxy) is 3. The monoisotopic (exact) mass is 426 g/mol. The molecule has 1 aromatic carbocycles. The van der Waals surface area contributed by atoms with E-state index in [4.69, 9.17) is 14.2 Å². The van der Waals surface area contributed by atoms with Crippen LogP contribution in [0.25, 0.3) is 6.08 Å². The van der Waals surface area contributed by atoms with Gasteiger partial charge in [-0.1, -0.05) is 18.2 Å². The van der Waals surface area contributed by atoms with Crippen molar-refractivity contribution in [1.29, 1.82) is 0 Å². The van der Waals surface area contributed by atoms with Crippen LogP contribution in [0.15, 0.2) is 51.9 Å². The Morgan fingerprint density at radius 1 is 1.23 bits per heavy atom. The number of rotatable bonds is 4. The predicted octanol–water partition coefficient (Wildman–Crippen LogP) is 2.48. The van der Waals surface area contributed by atoms with Gasteiger partial charge in [0, 0.05) is 18.7 Å². The zero-order chi connectivity index (χ0) is 21.1. The molecule has 0 spiro atoms. The van der Waals surface area contributed by atoms with Crippen molar-refractivity contribution >= 4 is 35.4 Å². The van der Waals surface area contributed by atoms with Gasteiger partial charge in [-0.2, -0.15) is 0 Å². The highest BCUT2D eigenvalue weighted by molar-refractivity contribution is 8.05. The molecule has 8 heteroatoms. The first-order valence-electron chi connectivity index (χ1n) is 9.59. The topological polar surface area (TPSA) is 77.4 Å². The summed E-state index contributed by atoms with van der Waals surface area (Å²) in [5.74, 6) is 0.849. The summed E-state index contributed by atoms with van der Waals surface area (Å²) in [4.78, 5) is 31.9. The molecule has 2 amide bonds. The van der Waals surface area contributed by atoms with Crippen LogP contribution in [0.2, 0.25) is 0 Å². The molecule has 4 rings (SSSR count). The minimum absolute atomic E-state index is 0.0557. The third-order valence-corrected chi connectivity index (χ3v) is 6.19. The maximum Gasteiger partial charge on any atom is 0.283 e. The Labute approximate surface area is 179 Å². The van der Waals surface area contributed by atoms with Gasteiger partial charge in [0.25, 0.3) is 11.8 Å². The highest BCUT2D eigenvalue weighted by Crippen LogP contribution is 2.35. The van der Waals surface area contributed by atoms with E-state index in [0.717, 1.165) is 5.56 Å². The van der Waals surface area contributed by atoms with Gasteiger partial charge in [-0.3, -0.25) is 9.59 Å². The first kappa shape index (κ1) is 20.4. The molecule has 0 saturated carbocycles. The zero-order valence-electron chi connectivity index (χ0n) is 16.8. The molecule has 3 aliphatic rings. The van der Waals surface area contributed by atoms with Crippen molar-refractivity contribution in [3.8, 4) is 11.5 Å². The Morgan fingerprint density at radius 2 is 2.00 bits per heavy atom. The molecule has 1 atom stereocenters. The summed E-state index contributed by atoms with van der Waals surface area (Å²) >= 11 is 1.42. The van der Waals surface area contributed by atoms with E-state index in [2.05, 4.69) is 4.99 Å². The average molecular weight is 426 g/mol. The number of nitrogens with zero attached hydrogens (tertiary/aromatic N) is 2. The van der Waals surface area contributed by atoms with E-state index in [9.17, 15) is 9.59 Å². The van der Waals surface area contributed by atoms with Crippen LogP contribution in [-0.4, -0.2) is 68.2 Å². The summed E-state index contributed by atoms with van der Waals surface area (Å²) in [7, 11) is 3.15. The van der Waals surface area contributed by atoms with Crippen LogP contribution in [0.4, 0.5) is 0 Å². The Balaban J connectivity index is 1.55. The van der Waals surface area contributed by atoms with E-state index >= 15 is 0 Å². The highest BCUT2D eigenvalue weighted by Gasteiger charge is 2.29. The first-order chi connectivity index (χ1) is 14.6. The van der Waals surface area contributed by atoms with Crippen molar-refractivity contribution < 1.29 is 23.8 Å². The van der Waals surface area contributed by atoms with Crippen LogP contribution in [-0.2, 0) is 14.3 Å². The largest absolute Gasteiger partial charge is 0.493 e. The van der Waals surface area contributed by atoms with Crippen molar-refractivity contribution in [1.82, 2.24) is 4.90 Å². The smallest absolute Gasteiger partial charge is 0.283 e. The van der Waals surface area contributed by atoms with Gasteiger partial charge in [0.1, 0.15) is 0 Å². The second-order valence-corrected chi connectivity index (χ2v) is 8.05. The molecular formula is C22H22N2O5S. The van der Waals surface area contributed by atoms with E-state index in [1.807, 2.05) is 24.3 Å². The lowest BCUT2D eigenvalue weighted by atomic mass is 10.0. The molecule has 1 fully saturated rings. The van der Waals surface area contributed by atoms with E-state index in [0.29, 0.717) is 54.0 Å². The normalized spacial score (nSPS) is 22.3. The second-order valence-electron chi connectivity index (χ2n) is 6.87. The number of hydrogen-bond donors (Lipinski definition) is 0. The van der Waals surface area contributed by atoms with E-state index in [1.54, 1.807) is 37.3 Å². The molecule has 0 radical (unpaired) electrons. The fourth-order valence-electron chi connectivity index (χ4n) is 3.41. The fourth-order valence-corrected chi connectivity index (χ4v) is 4.43. The number of thioether (sulfide) groups is 1. The number of hydrogen-bond acceptors (Lipinski definition) is 6. The fraction of sp³-hybridized carbons (Fsp3) is 0.318. The summed E-state index contributed by atoms with van der Waals surface area (Å²) in [6.07, 6.45) is 7.26. The molecule has 0 bridgehead atoms. The molecular weight excluding hydrogens is 404 g/mol. The Bertz CT molecular complexity index is 989. The van der Waals surface area contributed by atoms with Crippen LogP contribution < -0.4 is 9.47 Å². The number of fused-ring (bicyclic) bond motifs is 1. The lowest BCUT2D eigenvalue weighted by Gasteiger charge is -2.29. The number of morpholine rings is 1. The summed E-state index contributed by atoms with van der Waals surface area (Å²) in [5.41, 5.74) is 1.97. The Morgan fingerprint density at radius 3 is 2.73 bits per heavy atom. The average Bonchev–Trinajstić information content (AvgIpc) is 2.79. The SMILES string of the molecule is COc1ccc(/C=C2/SC3C=CC(C(=O)N4CCOCC4)=CC3=NC2=O)cc1OC. The van der Waals surface area contributed by atoms with Crippen LogP contribution in [0.1, 0.15) is 5.56 Å². The Kier molecular flexibility index (Phi) is 6.06. The van der Waals surface area contributed by atoms with Gasteiger partial charge >= 0.3 is 0 Å². The maximum absolute atomic E-state index is 12.7. The predicted molar refractivity (Wildman–Crippen MR) is 116 cm³/mol. The molecule has 1 aromatic rings. The molecule has 1 aliphatic carbocycles. The molecule has 2 heterocycles. The molecule has 1 saturated heterocycles. The first-order valence-corrected chi connectivity index (χ1v) is 10.5. The van der Waals surface area contributed by atoms with Gasteiger partial charge in [-0.15, -0.1) is 11.8 Å². The third-order valence-electron chi connectivity index (χ3n) is 4.99. The molecule has 156 valence electrons. The quantitative estimate of drug-likeness (QED) is 0.689. The van der Waals surface area contributed by atoms with E-state index < -0.39 is 0 Å². The van der Waals surface area contributed by atoms with Crippen LogP contribution >= 0.6 is 11.8 Å². The lowest BCUT2D eigenvalue weighted by Crippen LogP contribution is -2.41. The number of amides is 2. The minimum atomic E-state index is -0.314. The number of carbonyl (C=O) groups excluding carboxylic acids is 2. The van der Waals surface area contributed by atoms with Gasteiger partial charge in [0.15, 0.2) is 11.5 Å². The number of aliphatic imine (C=N–C) groups is 1. The van der Waals surface area contributed by atoms with Gasteiger partial charge in [0.05, 0.1) is 43.3 Å². The van der Waals surface area contributed by atoms with Crippen LogP contribution in [0.3, 0.4) is 0 Å². The van der Waals surface area contributed by atoms with Crippen molar-refractivity contribution in [3.05, 3.63) is 52.5 Å². The molecule has 2 aliphatic heterocycles. The second kappa shape index (κ2) is 8.89. The molecule has 0 N–H and O–H groups in total. The minimum Gasteiger partial charge on any atom is -0.493 e. The third kappa shape index (κ3) is 4.20. The van der Waals surface area contributed by atoms with Gasteiger partial charge in [-0.05, 0) is 29.8 Å². The number of methoxy groups -OCH3 is 2. The van der Waals surface area contributed by atoms with Gasteiger partial charge in [-0.25, -0.2) is 4.99 Å². The molecule has 0 aromatic heterocycles. The molecule has 1 unspecified atom stereocenters. The maximum atomic E-state index is 12.7. The summed E-state index contributed by atoms with van der Waals surface area (Å²) in [5, 5.41) is -0.102. The van der Waals surface area contributed by atoms with Crippen LogP contribution in [0, 0.1) is 0 Å². The van der Waals surface area contributed by atoms with Crippen molar-refractivity contribution in [2.24, 2.45) is 4.99 Å². The highest BCUT2D eigenvalue weighted by atomic mass is 32.2. The van der Waals surface area contributed by atoms with Gasteiger partial charge < -0.3 is 19.1 Å². The lowest BCUT2D eigenvalue weighted by molar-refractivity contribution is -0.130. The summed E-state index contributed by atoms with van der Waals surface area (Å²) in [6, 6.07) is 5.47. The standard InChI is InChI=1S/C22H22N2O5S/c1-27-17-5-3-14(11-18(17)28-2)12-20-21(25)23-16-13-15(4-6-19(16)30-20)22(26)24-7-9-29-10-8-24/h3-6,11-13,19H,7-10H2,1-2H3/b20-12+. The van der Waals surface area contributed by atoms with Gasteiger partial charge in [0.2, 0.25) is 0 Å². The Hall–Kier alpha value is -2.84. The van der Waals surface area contributed by atoms with E-state index in [-0.39, 0.29) is 17.1 Å². The summed E-state index contributed by atoms with van der Waals surface area (Å²) < 4.78 is 15.9. The van der Waals surface area contributed by atoms with E-state index in [1.165, 1.54) is 11.8 Å². The number of allylic oxidation sites excluding steroid dienone is 1. The molecule has 30 heavy (non-hydrogen) atoms. The van der Waals surface area contributed by atoms with Crippen LogP contribution in [0.5, 0.6) is 11.5 Å². The van der Waals surface area contributed by atoms with Crippen molar-refractivity contribution in [3.63, 3.8) is 0 Å². The number of benzene rings is 1. The summed E-state index contributed by atoms with van der Waals surface area (Å²) in [6.45, 7) is 2.24. The number of carbonyl (C=O) groups is 2. The van der Waals surface area contributed by atoms with Crippen molar-refractivity contribution in [2.45, 2.75) is 5.25 Å².